The number of hydrogen-bond donors (Lipinski definition) is 3. The Balaban J connectivity index is 1.27. The summed E-state index contributed by atoms with van der Waals surface area (Å²) in [5.41, 5.74) is 3.38. The maximum absolute atomic E-state index is 13.6. The van der Waals surface area contributed by atoms with E-state index in [0.717, 1.165) is 56.4 Å². The van der Waals surface area contributed by atoms with Crippen LogP contribution < -0.4 is 10.6 Å². The van der Waals surface area contributed by atoms with Crippen molar-refractivity contribution in [1.29, 1.82) is 0 Å². The molecular weight excluding hydrogens is 502 g/mol. The van der Waals surface area contributed by atoms with Crippen LogP contribution in [0.2, 0.25) is 0 Å². The number of fused-ring (bicyclic) bond motifs is 1. The summed E-state index contributed by atoms with van der Waals surface area (Å²) in [6.45, 7) is 6.79. The van der Waals surface area contributed by atoms with Crippen molar-refractivity contribution in [3.05, 3.63) is 78.0 Å². The molecule has 0 spiro atoms. The monoisotopic (exact) mass is 539 g/mol. The Kier molecular flexibility index (Phi) is 9.03. The van der Waals surface area contributed by atoms with Crippen molar-refractivity contribution in [3.8, 4) is 11.4 Å². The Bertz CT molecular complexity index is 1420. The number of nitrogens with one attached hydrogen (secondary N) is 3. The maximum Gasteiger partial charge on any atom is 0.270 e. The highest BCUT2D eigenvalue weighted by molar-refractivity contribution is 6.00. The second kappa shape index (κ2) is 13.2. The maximum atomic E-state index is 13.6. The van der Waals surface area contributed by atoms with Crippen LogP contribution in [0.3, 0.4) is 0 Å². The lowest BCUT2D eigenvalue weighted by Gasteiger charge is -2.21. The summed E-state index contributed by atoms with van der Waals surface area (Å²) in [6, 6.07) is 22.2. The molecule has 3 N–H and O–H groups in total. The average molecular weight is 540 g/mol. The van der Waals surface area contributed by atoms with E-state index in [2.05, 4.69) is 50.8 Å². The Morgan fingerprint density at radius 3 is 2.48 bits per heavy atom. The van der Waals surface area contributed by atoms with E-state index in [1.807, 2.05) is 41.3 Å². The molecule has 9 nitrogen and oxygen atoms in total. The third kappa shape index (κ3) is 7.04. The fourth-order valence-electron chi connectivity index (χ4n) is 5.11. The number of anilines is 1. The van der Waals surface area contributed by atoms with Crippen molar-refractivity contribution in [2.45, 2.75) is 26.2 Å². The molecule has 0 saturated carbocycles. The van der Waals surface area contributed by atoms with Gasteiger partial charge in [-0.25, -0.2) is 9.97 Å². The molecule has 0 atom stereocenters. The molecule has 2 amide bonds. The standard InChI is InChI=1S/C31H37N7O2/c1-23(39)32-15-16-33-29-26-22-27(34-30(26)36-28(35-29)25-13-6-3-7-14-25)31(40)38-19-9-18-37(20-21-38)17-8-12-24-10-4-2-5-11-24/h2-7,10-11,13-14,22H,8-9,12,15-21H2,1H3,(H,32,39)(H2,33,34,35,36). The molecule has 0 aliphatic carbocycles. The van der Waals surface area contributed by atoms with Gasteiger partial charge in [-0.15, -0.1) is 0 Å². The average Bonchev–Trinajstić information content (AvgIpc) is 3.28. The molecule has 1 saturated heterocycles. The van der Waals surface area contributed by atoms with Gasteiger partial charge in [0.15, 0.2) is 5.82 Å². The van der Waals surface area contributed by atoms with Crippen molar-refractivity contribution in [3.63, 3.8) is 0 Å². The molecule has 0 radical (unpaired) electrons. The summed E-state index contributed by atoms with van der Waals surface area (Å²) in [6.07, 6.45) is 3.13. The van der Waals surface area contributed by atoms with Gasteiger partial charge in [-0.2, -0.15) is 0 Å². The Morgan fingerprint density at radius 1 is 0.925 bits per heavy atom. The summed E-state index contributed by atoms with van der Waals surface area (Å²) in [5.74, 6) is 1.10. The number of aromatic nitrogens is 3. The third-order valence-corrected chi connectivity index (χ3v) is 7.20. The van der Waals surface area contributed by atoms with Crippen LogP contribution in [-0.4, -0.2) is 82.4 Å². The molecule has 9 heteroatoms. The van der Waals surface area contributed by atoms with Gasteiger partial charge in [-0.05, 0) is 44.0 Å². The number of benzene rings is 2. The van der Waals surface area contributed by atoms with Crippen LogP contribution in [-0.2, 0) is 11.2 Å². The Labute approximate surface area is 235 Å². The smallest absolute Gasteiger partial charge is 0.270 e. The van der Waals surface area contributed by atoms with Gasteiger partial charge in [0.2, 0.25) is 5.91 Å². The lowest BCUT2D eigenvalue weighted by molar-refractivity contribution is -0.118. The van der Waals surface area contributed by atoms with Gasteiger partial charge in [0, 0.05) is 45.2 Å². The Hall–Kier alpha value is -4.24. The number of aryl methyl sites for hydroxylation is 1. The first-order chi connectivity index (χ1) is 19.6. The first-order valence-electron chi connectivity index (χ1n) is 14.1. The lowest BCUT2D eigenvalue weighted by atomic mass is 10.1. The van der Waals surface area contributed by atoms with Crippen LogP contribution in [0, 0.1) is 0 Å². The molecule has 40 heavy (non-hydrogen) atoms. The highest BCUT2D eigenvalue weighted by Gasteiger charge is 2.23. The predicted molar refractivity (Wildman–Crippen MR) is 158 cm³/mol. The van der Waals surface area contributed by atoms with Gasteiger partial charge in [-0.1, -0.05) is 60.7 Å². The number of H-pyrrole nitrogens is 1. The Morgan fingerprint density at radius 2 is 1.70 bits per heavy atom. The van der Waals surface area contributed by atoms with Crippen LogP contribution in [0.15, 0.2) is 66.7 Å². The largest absolute Gasteiger partial charge is 0.368 e. The van der Waals surface area contributed by atoms with E-state index in [4.69, 9.17) is 9.97 Å². The zero-order chi connectivity index (χ0) is 27.7. The number of hydrogen-bond acceptors (Lipinski definition) is 6. The van der Waals surface area contributed by atoms with Crippen molar-refractivity contribution in [2.75, 3.05) is 51.1 Å². The fourth-order valence-corrected chi connectivity index (χ4v) is 5.11. The van der Waals surface area contributed by atoms with Crippen molar-refractivity contribution >= 4 is 28.7 Å². The molecule has 2 aromatic carbocycles. The van der Waals surface area contributed by atoms with E-state index in [1.165, 1.54) is 12.5 Å². The summed E-state index contributed by atoms with van der Waals surface area (Å²) < 4.78 is 0. The van der Waals surface area contributed by atoms with Crippen LogP contribution in [0.1, 0.15) is 35.8 Å². The SMILES string of the molecule is CC(=O)NCCNc1nc(-c2ccccc2)nc2[nH]c(C(=O)N3CCCN(CCCc4ccccc4)CC3)cc12. The summed E-state index contributed by atoms with van der Waals surface area (Å²) in [7, 11) is 0. The van der Waals surface area contributed by atoms with Gasteiger partial charge in [0.1, 0.15) is 17.2 Å². The fraction of sp³-hybridized carbons (Fsp3) is 0.355. The number of carbonyl (C=O) groups excluding carboxylic acids is 2. The molecule has 1 aliphatic rings. The van der Waals surface area contributed by atoms with Crippen molar-refractivity contribution in [1.82, 2.24) is 30.1 Å². The predicted octanol–water partition coefficient (Wildman–Crippen LogP) is 3.95. The first-order valence-corrected chi connectivity index (χ1v) is 14.1. The number of aromatic amines is 1. The van der Waals surface area contributed by atoms with Crippen LogP contribution in [0.5, 0.6) is 0 Å². The van der Waals surface area contributed by atoms with Gasteiger partial charge in [0.05, 0.1) is 5.39 Å². The zero-order valence-corrected chi connectivity index (χ0v) is 23.0. The minimum atomic E-state index is -0.0821. The van der Waals surface area contributed by atoms with E-state index < -0.39 is 0 Å². The quantitative estimate of drug-likeness (QED) is 0.264. The molecule has 4 aromatic rings. The molecule has 0 unspecified atom stereocenters. The molecule has 3 heterocycles. The molecule has 0 bridgehead atoms. The first kappa shape index (κ1) is 27.3. The van der Waals surface area contributed by atoms with Gasteiger partial charge in [0.25, 0.3) is 5.91 Å². The van der Waals surface area contributed by atoms with Crippen LogP contribution in [0.4, 0.5) is 5.82 Å². The molecule has 1 fully saturated rings. The summed E-state index contributed by atoms with van der Waals surface area (Å²) >= 11 is 0. The number of amides is 2. The highest BCUT2D eigenvalue weighted by atomic mass is 16.2. The molecular formula is C31H37N7O2. The van der Waals surface area contributed by atoms with E-state index in [1.54, 1.807) is 0 Å². The lowest BCUT2D eigenvalue weighted by Crippen LogP contribution is -2.35. The molecule has 5 rings (SSSR count). The topological polar surface area (TPSA) is 106 Å². The minimum Gasteiger partial charge on any atom is -0.368 e. The summed E-state index contributed by atoms with van der Waals surface area (Å²) in [5, 5.41) is 6.86. The molecule has 1 aliphatic heterocycles. The third-order valence-electron chi connectivity index (χ3n) is 7.20. The van der Waals surface area contributed by atoms with E-state index >= 15 is 0 Å². The summed E-state index contributed by atoms with van der Waals surface area (Å²) in [4.78, 5) is 42.1. The number of rotatable bonds is 10. The number of nitrogens with zero attached hydrogens (tertiary/aromatic N) is 4. The minimum absolute atomic E-state index is 0.0189. The van der Waals surface area contributed by atoms with E-state index in [-0.39, 0.29) is 11.8 Å². The molecule has 208 valence electrons. The molecule has 2 aromatic heterocycles. The van der Waals surface area contributed by atoms with Crippen molar-refractivity contribution < 1.29 is 9.59 Å². The van der Waals surface area contributed by atoms with Crippen LogP contribution >= 0.6 is 0 Å². The second-order valence-electron chi connectivity index (χ2n) is 10.2. The van der Waals surface area contributed by atoms with Crippen molar-refractivity contribution in [2.24, 2.45) is 0 Å². The van der Waals surface area contributed by atoms with Gasteiger partial charge >= 0.3 is 0 Å². The van der Waals surface area contributed by atoms with Crippen LogP contribution in [0.25, 0.3) is 22.4 Å². The van der Waals surface area contributed by atoms with Gasteiger partial charge < -0.3 is 25.4 Å². The zero-order valence-electron chi connectivity index (χ0n) is 23.0. The number of carbonyl (C=O) groups is 2. The van der Waals surface area contributed by atoms with E-state index in [9.17, 15) is 9.59 Å². The highest BCUT2D eigenvalue weighted by Crippen LogP contribution is 2.26. The normalized spacial score (nSPS) is 14.2. The second-order valence-corrected chi connectivity index (χ2v) is 10.2. The van der Waals surface area contributed by atoms with E-state index in [0.29, 0.717) is 42.6 Å². The van der Waals surface area contributed by atoms with Gasteiger partial charge in [-0.3, -0.25) is 9.59 Å².